The number of fused-ring (bicyclic) bond motifs is 1. The molecule has 0 saturated carbocycles. The van der Waals surface area contributed by atoms with Crippen LogP contribution in [0.1, 0.15) is 11.3 Å². The highest BCUT2D eigenvalue weighted by molar-refractivity contribution is 9.10. The van der Waals surface area contributed by atoms with Gasteiger partial charge in [-0.05, 0) is 41.9 Å². The molecule has 0 amide bonds. The van der Waals surface area contributed by atoms with Gasteiger partial charge in [0.1, 0.15) is 5.65 Å². The third kappa shape index (κ3) is 1.85. The highest BCUT2D eigenvalue weighted by Gasteiger charge is 2.07. The predicted octanol–water partition coefficient (Wildman–Crippen LogP) is 4.38. The van der Waals surface area contributed by atoms with E-state index in [1.54, 1.807) is 0 Å². The van der Waals surface area contributed by atoms with Crippen LogP contribution in [0.15, 0.2) is 47.1 Å². The Hall–Kier alpha value is -1.61. The van der Waals surface area contributed by atoms with E-state index in [2.05, 4.69) is 69.6 Å². The van der Waals surface area contributed by atoms with Crippen molar-refractivity contribution in [3.05, 3.63) is 58.3 Å². The first-order chi connectivity index (χ1) is 8.65. The second-order valence-electron chi connectivity index (χ2n) is 4.49. The van der Waals surface area contributed by atoms with Crippen molar-refractivity contribution < 1.29 is 0 Å². The standard InChI is InChI=1S/C15H13BrN2/c1-10-3-5-12(6-4-10)14-9-18-11(2)13(16)7-8-15(18)17-14/h3-9H,1-2H3. The van der Waals surface area contributed by atoms with E-state index in [1.807, 2.05) is 12.1 Å². The average molecular weight is 301 g/mol. The van der Waals surface area contributed by atoms with Crippen LogP contribution in [0, 0.1) is 13.8 Å². The normalized spacial score (nSPS) is 11.1. The number of rotatable bonds is 1. The third-order valence-corrected chi connectivity index (χ3v) is 4.00. The lowest BCUT2D eigenvalue weighted by Gasteiger charge is -2.00. The van der Waals surface area contributed by atoms with E-state index in [9.17, 15) is 0 Å². The zero-order valence-electron chi connectivity index (χ0n) is 10.3. The van der Waals surface area contributed by atoms with E-state index in [1.165, 1.54) is 11.3 Å². The molecule has 2 heterocycles. The van der Waals surface area contributed by atoms with Crippen molar-refractivity contribution >= 4 is 21.6 Å². The van der Waals surface area contributed by atoms with Gasteiger partial charge >= 0.3 is 0 Å². The summed E-state index contributed by atoms with van der Waals surface area (Å²) < 4.78 is 3.21. The van der Waals surface area contributed by atoms with E-state index in [-0.39, 0.29) is 0 Å². The van der Waals surface area contributed by atoms with Gasteiger partial charge in [-0.2, -0.15) is 0 Å². The van der Waals surface area contributed by atoms with Crippen molar-refractivity contribution in [3.63, 3.8) is 0 Å². The molecule has 3 heteroatoms. The molecule has 3 aromatic rings. The van der Waals surface area contributed by atoms with Crippen molar-refractivity contribution in [3.8, 4) is 11.3 Å². The number of pyridine rings is 1. The minimum Gasteiger partial charge on any atom is -0.303 e. The number of nitrogens with zero attached hydrogens (tertiary/aromatic N) is 2. The van der Waals surface area contributed by atoms with E-state index >= 15 is 0 Å². The van der Waals surface area contributed by atoms with Crippen LogP contribution in [0.4, 0.5) is 0 Å². The number of imidazole rings is 1. The largest absolute Gasteiger partial charge is 0.303 e. The predicted molar refractivity (Wildman–Crippen MR) is 77.8 cm³/mol. The van der Waals surface area contributed by atoms with Crippen LogP contribution in [-0.2, 0) is 0 Å². The fourth-order valence-electron chi connectivity index (χ4n) is 2.03. The summed E-state index contributed by atoms with van der Waals surface area (Å²) in [5, 5.41) is 0. The Labute approximate surface area is 114 Å². The Bertz CT molecular complexity index is 711. The maximum atomic E-state index is 4.66. The molecule has 0 aliphatic heterocycles. The Morgan fingerprint density at radius 2 is 1.72 bits per heavy atom. The van der Waals surface area contributed by atoms with Crippen molar-refractivity contribution in [2.45, 2.75) is 13.8 Å². The average Bonchev–Trinajstić information content (AvgIpc) is 2.80. The zero-order chi connectivity index (χ0) is 12.7. The van der Waals surface area contributed by atoms with Crippen molar-refractivity contribution in [2.75, 3.05) is 0 Å². The quantitative estimate of drug-likeness (QED) is 0.652. The van der Waals surface area contributed by atoms with Crippen molar-refractivity contribution in [1.29, 1.82) is 0 Å². The van der Waals surface area contributed by atoms with Gasteiger partial charge in [0.25, 0.3) is 0 Å². The van der Waals surface area contributed by atoms with Crippen LogP contribution in [0.3, 0.4) is 0 Å². The molecule has 0 aliphatic rings. The van der Waals surface area contributed by atoms with Crippen LogP contribution in [-0.4, -0.2) is 9.38 Å². The molecular weight excluding hydrogens is 288 g/mol. The lowest BCUT2D eigenvalue weighted by molar-refractivity contribution is 1.08. The monoisotopic (exact) mass is 300 g/mol. The summed E-state index contributed by atoms with van der Waals surface area (Å²) in [5.74, 6) is 0. The number of hydrogen-bond donors (Lipinski definition) is 0. The van der Waals surface area contributed by atoms with Gasteiger partial charge < -0.3 is 4.40 Å². The van der Waals surface area contributed by atoms with Crippen molar-refractivity contribution in [2.24, 2.45) is 0 Å². The van der Waals surface area contributed by atoms with Crippen LogP contribution in [0.5, 0.6) is 0 Å². The summed E-state index contributed by atoms with van der Waals surface area (Å²) in [4.78, 5) is 4.66. The number of benzene rings is 1. The van der Waals surface area contributed by atoms with E-state index in [4.69, 9.17) is 0 Å². The zero-order valence-corrected chi connectivity index (χ0v) is 11.9. The number of hydrogen-bond acceptors (Lipinski definition) is 1. The molecule has 0 aliphatic carbocycles. The molecule has 0 saturated heterocycles. The molecule has 0 bridgehead atoms. The summed E-state index contributed by atoms with van der Waals surface area (Å²) in [6, 6.07) is 12.5. The van der Waals surface area contributed by atoms with Gasteiger partial charge in [0.2, 0.25) is 0 Å². The molecule has 2 nitrogen and oxygen atoms in total. The molecule has 90 valence electrons. The minimum atomic E-state index is 0.978. The summed E-state index contributed by atoms with van der Waals surface area (Å²) in [5.41, 5.74) is 5.57. The first-order valence-corrected chi connectivity index (χ1v) is 6.66. The molecule has 1 aromatic carbocycles. The lowest BCUT2D eigenvalue weighted by atomic mass is 10.1. The molecule has 0 N–H and O–H groups in total. The number of aromatic nitrogens is 2. The fraction of sp³-hybridized carbons (Fsp3) is 0.133. The minimum absolute atomic E-state index is 0.978. The fourth-order valence-corrected chi connectivity index (χ4v) is 2.35. The summed E-state index contributed by atoms with van der Waals surface area (Å²) in [7, 11) is 0. The topological polar surface area (TPSA) is 17.3 Å². The molecule has 0 atom stereocenters. The highest BCUT2D eigenvalue weighted by Crippen LogP contribution is 2.23. The lowest BCUT2D eigenvalue weighted by Crippen LogP contribution is -1.89. The number of halogens is 1. The molecule has 2 aromatic heterocycles. The van der Waals surface area contributed by atoms with Crippen LogP contribution >= 0.6 is 15.9 Å². The molecule has 3 rings (SSSR count). The van der Waals surface area contributed by atoms with Gasteiger partial charge in [-0.25, -0.2) is 4.98 Å². The van der Waals surface area contributed by atoms with Gasteiger partial charge in [-0.3, -0.25) is 0 Å². The van der Waals surface area contributed by atoms with Gasteiger partial charge in [0.05, 0.1) is 5.69 Å². The third-order valence-electron chi connectivity index (χ3n) is 3.17. The molecule has 0 spiro atoms. The van der Waals surface area contributed by atoms with Crippen molar-refractivity contribution in [1.82, 2.24) is 9.38 Å². The van der Waals surface area contributed by atoms with Gasteiger partial charge in [0.15, 0.2) is 0 Å². The van der Waals surface area contributed by atoms with Crippen LogP contribution in [0.25, 0.3) is 16.9 Å². The van der Waals surface area contributed by atoms with Gasteiger partial charge in [-0.1, -0.05) is 29.8 Å². The molecule has 0 fully saturated rings. The van der Waals surface area contributed by atoms with Gasteiger partial charge in [0, 0.05) is 21.9 Å². The second-order valence-corrected chi connectivity index (χ2v) is 5.34. The molecule has 0 radical (unpaired) electrons. The SMILES string of the molecule is Cc1ccc(-c2cn3c(C)c(Br)ccc3n2)cc1. The summed E-state index contributed by atoms with van der Waals surface area (Å²) >= 11 is 3.54. The first kappa shape index (κ1) is 11.5. The van der Waals surface area contributed by atoms with Gasteiger partial charge in [-0.15, -0.1) is 0 Å². The Morgan fingerprint density at radius 3 is 2.44 bits per heavy atom. The molecule has 18 heavy (non-hydrogen) atoms. The molecule has 0 unspecified atom stereocenters. The summed E-state index contributed by atoms with van der Waals surface area (Å²) in [6.07, 6.45) is 2.08. The molecular formula is C15H13BrN2. The van der Waals surface area contributed by atoms with E-state index in [0.29, 0.717) is 0 Å². The maximum absolute atomic E-state index is 4.66. The first-order valence-electron chi connectivity index (χ1n) is 5.86. The maximum Gasteiger partial charge on any atom is 0.137 e. The number of aryl methyl sites for hydroxylation is 2. The van der Waals surface area contributed by atoms with Crippen LogP contribution < -0.4 is 0 Å². The summed E-state index contributed by atoms with van der Waals surface area (Å²) in [6.45, 7) is 4.17. The Kier molecular flexibility index (Phi) is 2.71. The Morgan fingerprint density at radius 1 is 1.00 bits per heavy atom. The van der Waals surface area contributed by atoms with E-state index < -0.39 is 0 Å². The van der Waals surface area contributed by atoms with E-state index in [0.717, 1.165) is 21.4 Å². The smallest absolute Gasteiger partial charge is 0.137 e. The Balaban J connectivity index is 2.19. The second kappa shape index (κ2) is 4.25. The van der Waals surface area contributed by atoms with Crippen LogP contribution in [0.2, 0.25) is 0 Å². The highest BCUT2D eigenvalue weighted by atomic mass is 79.9.